The number of ether oxygens (including phenoxy) is 1. The standard InChI is InChI=1S/C22H23FN2O/c1-24-20-8-4-6-16-19(25-11-13-26-14-12-25)10-9-17(21(16)20)22(24)15-5-2-3-7-18(15)23/h2-8,19H,9-14H2,1H3. The van der Waals surface area contributed by atoms with Crippen molar-refractivity contribution in [3.8, 4) is 11.3 Å². The van der Waals surface area contributed by atoms with Crippen LogP contribution in [0.15, 0.2) is 42.5 Å². The number of nitrogens with zero attached hydrogens (tertiary/aromatic N) is 2. The van der Waals surface area contributed by atoms with Gasteiger partial charge in [0.1, 0.15) is 5.82 Å². The van der Waals surface area contributed by atoms with Gasteiger partial charge in [0.05, 0.1) is 18.9 Å². The molecule has 0 N–H and O–H groups in total. The third kappa shape index (κ3) is 2.32. The Morgan fingerprint density at radius 1 is 1.04 bits per heavy atom. The molecule has 0 radical (unpaired) electrons. The van der Waals surface area contributed by atoms with Crippen LogP contribution in [0.1, 0.15) is 23.6 Å². The fourth-order valence-corrected chi connectivity index (χ4v) is 4.83. The first kappa shape index (κ1) is 16.0. The number of hydrogen-bond acceptors (Lipinski definition) is 2. The molecular formula is C22H23FN2O. The molecule has 1 fully saturated rings. The summed E-state index contributed by atoms with van der Waals surface area (Å²) in [5.74, 6) is -0.147. The van der Waals surface area contributed by atoms with Gasteiger partial charge in [0.15, 0.2) is 0 Å². The Morgan fingerprint density at radius 3 is 2.65 bits per heavy atom. The first-order valence-corrected chi connectivity index (χ1v) is 9.42. The summed E-state index contributed by atoms with van der Waals surface area (Å²) in [6.45, 7) is 3.61. The van der Waals surface area contributed by atoms with E-state index in [1.165, 1.54) is 22.0 Å². The van der Waals surface area contributed by atoms with E-state index in [9.17, 15) is 4.39 Å². The summed E-state index contributed by atoms with van der Waals surface area (Å²) in [6, 6.07) is 14.1. The molecule has 0 saturated carbocycles. The second kappa shape index (κ2) is 6.22. The van der Waals surface area contributed by atoms with Crippen LogP contribution < -0.4 is 0 Å². The van der Waals surface area contributed by atoms with Gasteiger partial charge < -0.3 is 9.30 Å². The van der Waals surface area contributed by atoms with Crippen LogP contribution in [0.25, 0.3) is 22.2 Å². The number of aromatic nitrogens is 1. The highest BCUT2D eigenvalue weighted by atomic mass is 19.1. The normalized spacial score (nSPS) is 20.6. The van der Waals surface area contributed by atoms with Crippen molar-refractivity contribution in [2.45, 2.75) is 18.9 Å². The van der Waals surface area contributed by atoms with Crippen molar-refractivity contribution < 1.29 is 9.13 Å². The van der Waals surface area contributed by atoms with Crippen molar-refractivity contribution in [3.05, 3.63) is 59.4 Å². The average Bonchev–Trinajstić information content (AvgIpc) is 2.97. The van der Waals surface area contributed by atoms with Gasteiger partial charge in [-0.05, 0) is 42.2 Å². The Labute approximate surface area is 153 Å². The first-order chi connectivity index (χ1) is 12.8. The Balaban J connectivity index is 1.72. The highest BCUT2D eigenvalue weighted by Gasteiger charge is 2.31. The molecule has 4 heteroatoms. The molecule has 1 saturated heterocycles. The van der Waals surface area contributed by atoms with Gasteiger partial charge in [-0.2, -0.15) is 0 Å². The lowest BCUT2D eigenvalue weighted by molar-refractivity contribution is 0.0141. The summed E-state index contributed by atoms with van der Waals surface area (Å²) in [5.41, 5.74) is 5.63. The van der Waals surface area contributed by atoms with Gasteiger partial charge in [-0.15, -0.1) is 0 Å². The molecule has 3 nitrogen and oxygen atoms in total. The van der Waals surface area contributed by atoms with Crippen LogP contribution in [-0.2, 0) is 18.2 Å². The van der Waals surface area contributed by atoms with Gasteiger partial charge >= 0.3 is 0 Å². The first-order valence-electron chi connectivity index (χ1n) is 9.42. The molecule has 2 aromatic carbocycles. The number of halogens is 1. The van der Waals surface area contributed by atoms with Crippen molar-refractivity contribution in [2.75, 3.05) is 26.3 Å². The smallest absolute Gasteiger partial charge is 0.132 e. The van der Waals surface area contributed by atoms with Gasteiger partial charge in [0.25, 0.3) is 0 Å². The van der Waals surface area contributed by atoms with Crippen LogP contribution in [0, 0.1) is 5.82 Å². The van der Waals surface area contributed by atoms with E-state index in [1.807, 2.05) is 12.1 Å². The quantitative estimate of drug-likeness (QED) is 0.685. The highest BCUT2D eigenvalue weighted by Crippen LogP contribution is 2.44. The van der Waals surface area contributed by atoms with Crippen molar-refractivity contribution in [2.24, 2.45) is 7.05 Å². The number of benzene rings is 2. The molecule has 2 heterocycles. The van der Waals surface area contributed by atoms with Crippen molar-refractivity contribution in [3.63, 3.8) is 0 Å². The molecule has 3 aromatic rings. The van der Waals surface area contributed by atoms with E-state index in [1.54, 1.807) is 12.1 Å². The predicted octanol–water partition coefficient (Wildman–Crippen LogP) is 4.30. The molecule has 1 aliphatic heterocycles. The van der Waals surface area contributed by atoms with Gasteiger partial charge in [0, 0.05) is 42.6 Å². The second-order valence-corrected chi connectivity index (χ2v) is 7.31. The van der Waals surface area contributed by atoms with E-state index in [2.05, 4.69) is 34.7 Å². The maximum Gasteiger partial charge on any atom is 0.132 e. The Hall–Kier alpha value is -2.17. The number of morpholine rings is 1. The lowest BCUT2D eigenvalue weighted by Gasteiger charge is -2.37. The van der Waals surface area contributed by atoms with Crippen LogP contribution in [0.3, 0.4) is 0 Å². The van der Waals surface area contributed by atoms with Crippen LogP contribution in [0.4, 0.5) is 4.39 Å². The fraction of sp³-hybridized carbons (Fsp3) is 0.364. The zero-order valence-electron chi connectivity index (χ0n) is 15.0. The molecule has 1 unspecified atom stereocenters. The molecule has 0 bridgehead atoms. The van der Waals surface area contributed by atoms with Crippen molar-refractivity contribution in [1.82, 2.24) is 9.47 Å². The van der Waals surface area contributed by atoms with E-state index in [0.717, 1.165) is 44.8 Å². The fourth-order valence-electron chi connectivity index (χ4n) is 4.83. The topological polar surface area (TPSA) is 17.4 Å². The van der Waals surface area contributed by atoms with Gasteiger partial charge in [-0.1, -0.05) is 24.3 Å². The lowest BCUT2D eigenvalue weighted by Crippen LogP contribution is -2.40. The van der Waals surface area contributed by atoms with Gasteiger partial charge in [-0.25, -0.2) is 4.39 Å². The number of aryl methyl sites for hydroxylation is 2. The summed E-state index contributed by atoms with van der Waals surface area (Å²) in [6.07, 6.45) is 2.07. The third-order valence-electron chi connectivity index (χ3n) is 6.00. The Kier molecular flexibility index (Phi) is 3.84. The summed E-state index contributed by atoms with van der Waals surface area (Å²) < 4.78 is 22.3. The highest BCUT2D eigenvalue weighted by molar-refractivity contribution is 5.95. The largest absolute Gasteiger partial charge is 0.379 e. The van der Waals surface area contributed by atoms with E-state index in [-0.39, 0.29) is 5.82 Å². The average molecular weight is 350 g/mol. The van der Waals surface area contributed by atoms with Gasteiger partial charge in [0.2, 0.25) is 0 Å². The van der Waals surface area contributed by atoms with E-state index >= 15 is 0 Å². The molecule has 0 amide bonds. The molecule has 2 aliphatic rings. The molecule has 1 aliphatic carbocycles. The summed E-state index contributed by atoms with van der Waals surface area (Å²) in [4.78, 5) is 2.55. The summed E-state index contributed by atoms with van der Waals surface area (Å²) >= 11 is 0. The third-order valence-corrected chi connectivity index (χ3v) is 6.00. The van der Waals surface area contributed by atoms with Crippen LogP contribution in [-0.4, -0.2) is 35.8 Å². The van der Waals surface area contributed by atoms with Crippen molar-refractivity contribution in [1.29, 1.82) is 0 Å². The minimum absolute atomic E-state index is 0.147. The number of rotatable bonds is 2. The molecule has 0 spiro atoms. The van der Waals surface area contributed by atoms with E-state index in [0.29, 0.717) is 11.6 Å². The van der Waals surface area contributed by atoms with E-state index in [4.69, 9.17) is 4.74 Å². The van der Waals surface area contributed by atoms with Crippen LogP contribution in [0.5, 0.6) is 0 Å². The molecular weight excluding hydrogens is 327 g/mol. The Bertz CT molecular complexity index is 972. The van der Waals surface area contributed by atoms with Crippen molar-refractivity contribution >= 4 is 10.9 Å². The minimum Gasteiger partial charge on any atom is -0.379 e. The number of hydrogen-bond donors (Lipinski definition) is 0. The monoisotopic (exact) mass is 350 g/mol. The van der Waals surface area contributed by atoms with Crippen LogP contribution >= 0.6 is 0 Å². The summed E-state index contributed by atoms with van der Waals surface area (Å²) in [7, 11) is 2.06. The molecule has 134 valence electrons. The molecule has 5 rings (SSSR count). The molecule has 26 heavy (non-hydrogen) atoms. The minimum atomic E-state index is -0.147. The zero-order chi connectivity index (χ0) is 17.7. The van der Waals surface area contributed by atoms with E-state index < -0.39 is 0 Å². The maximum absolute atomic E-state index is 14.6. The second-order valence-electron chi connectivity index (χ2n) is 7.31. The maximum atomic E-state index is 14.6. The van der Waals surface area contributed by atoms with Crippen LogP contribution in [0.2, 0.25) is 0 Å². The summed E-state index contributed by atoms with van der Waals surface area (Å²) in [5, 5.41) is 1.33. The molecule has 1 aromatic heterocycles. The zero-order valence-corrected chi connectivity index (χ0v) is 15.0. The lowest BCUT2D eigenvalue weighted by atomic mass is 9.86. The SMILES string of the molecule is Cn1c(-c2ccccc2F)c2c3c(cccc31)C(N1CCOCC1)CC2. The predicted molar refractivity (Wildman–Crippen MR) is 102 cm³/mol. The van der Waals surface area contributed by atoms with Gasteiger partial charge in [-0.3, -0.25) is 4.90 Å². The molecule has 1 atom stereocenters. The Morgan fingerprint density at radius 2 is 1.85 bits per heavy atom.